The third-order valence-electron chi connectivity index (χ3n) is 19.3. The predicted octanol–water partition coefficient (Wildman–Crippen LogP) is 23.1. The zero-order valence-corrected chi connectivity index (χ0v) is 54.1. The molecule has 0 fully saturated rings. The average molecular weight is 1280 g/mol. The Bertz CT molecular complexity index is 6140. The lowest BCUT2D eigenvalue weighted by Crippen LogP contribution is -2.12. The highest BCUT2D eigenvalue weighted by molar-refractivity contribution is 6.16. The first-order valence-electron chi connectivity index (χ1n) is 33.7. The molecule has 100 heavy (non-hydrogen) atoms. The van der Waals surface area contributed by atoms with Gasteiger partial charge in [-0.2, -0.15) is 0 Å². The normalized spacial score (nSPS) is 11.6. The molecule has 0 bridgehead atoms. The van der Waals surface area contributed by atoms with Gasteiger partial charge in [-0.25, -0.2) is 24.9 Å². The van der Waals surface area contributed by atoms with Crippen LogP contribution in [0.4, 0.5) is 17.1 Å². The van der Waals surface area contributed by atoms with Crippen LogP contribution >= 0.6 is 0 Å². The molecule has 0 aliphatic heterocycles. The molecule has 468 valence electrons. The van der Waals surface area contributed by atoms with Crippen LogP contribution < -0.4 is 4.90 Å². The lowest BCUT2D eigenvalue weighted by Gasteiger charge is -2.28. The summed E-state index contributed by atoms with van der Waals surface area (Å²) < 4.78 is 7.18. The number of para-hydroxylation sites is 7. The summed E-state index contributed by atoms with van der Waals surface area (Å²) in [6.45, 7) is 0. The highest BCUT2D eigenvalue weighted by atomic mass is 15.2. The Morgan fingerprint density at radius 2 is 0.610 bits per heavy atom. The number of rotatable bonds is 13. The number of benzene rings is 14. The Kier molecular flexibility index (Phi) is 14.0. The molecule has 14 aromatic carbocycles. The van der Waals surface area contributed by atoms with Crippen molar-refractivity contribution in [2.24, 2.45) is 0 Å². The van der Waals surface area contributed by atoms with E-state index in [0.717, 1.165) is 145 Å². The van der Waals surface area contributed by atoms with Gasteiger partial charge in [-0.1, -0.05) is 249 Å². The van der Waals surface area contributed by atoms with Crippen LogP contribution in [0.25, 0.3) is 162 Å². The first-order valence-corrected chi connectivity index (χ1v) is 33.7. The van der Waals surface area contributed by atoms with Gasteiger partial charge in [0.2, 0.25) is 0 Å². The molecule has 0 spiro atoms. The van der Waals surface area contributed by atoms with Gasteiger partial charge >= 0.3 is 0 Å². The second kappa shape index (κ2) is 24.2. The zero-order valence-electron chi connectivity index (χ0n) is 54.1. The van der Waals surface area contributed by atoms with Gasteiger partial charge < -0.3 is 18.6 Å². The van der Waals surface area contributed by atoms with Gasteiger partial charge in [0.25, 0.3) is 0 Å². The van der Waals surface area contributed by atoms with Crippen LogP contribution in [0.2, 0.25) is 0 Å². The largest absolute Gasteiger partial charge is 0.310 e. The molecule has 0 amide bonds. The number of aromatic nitrogens is 8. The van der Waals surface area contributed by atoms with Gasteiger partial charge in [-0.15, -0.1) is 0 Å². The standard InChI is InChI=1S/C91H59N9/c1-6-28-60(29-7-1)77-59-78(93-88(92-77)61-30-8-2-9-31-61)74-54-52-68(57-85(74)97(65-36-12-4-13-37-65)66-38-14-5-15-39-66)99-83-50-25-20-44-75(83)87-69(45-27-51-84(87)99)63-34-26-35-64(56-63)90-94-89(62-32-10-3-11-33-62)95-91(96-90)76-55-53-67(98-79-46-21-16-40-70(79)71-41-17-22-47-80(71)98)58-86(76)100-81-48-23-18-42-72(81)73-43-19-24-49-82(73)100/h1-59H. The van der Waals surface area contributed by atoms with Crippen molar-refractivity contribution in [1.82, 2.24) is 38.6 Å². The minimum absolute atomic E-state index is 0.557. The monoisotopic (exact) mass is 1280 g/mol. The van der Waals surface area contributed by atoms with Crippen molar-refractivity contribution in [3.63, 3.8) is 0 Å². The number of hydrogen-bond acceptors (Lipinski definition) is 6. The van der Waals surface area contributed by atoms with Crippen molar-refractivity contribution in [2.45, 2.75) is 0 Å². The number of anilines is 3. The number of hydrogen-bond donors (Lipinski definition) is 0. The average Bonchev–Trinajstić information content (AvgIpc) is 1.54. The first kappa shape index (κ1) is 57.8. The molecule has 19 aromatic rings. The van der Waals surface area contributed by atoms with Crippen LogP contribution in [0.3, 0.4) is 0 Å². The van der Waals surface area contributed by atoms with Crippen molar-refractivity contribution in [1.29, 1.82) is 0 Å². The third-order valence-corrected chi connectivity index (χ3v) is 19.3. The fourth-order valence-corrected chi connectivity index (χ4v) is 14.8. The highest BCUT2D eigenvalue weighted by Crippen LogP contribution is 2.46. The zero-order chi connectivity index (χ0) is 66.0. The molecule has 9 heteroatoms. The lowest BCUT2D eigenvalue weighted by molar-refractivity contribution is 1.06. The second-order valence-corrected chi connectivity index (χ2v) is 25.1. The van der Waals surface area contributed by atoms with E-state index >= 15 is 0 Å². The summed E-state index contributed by atoms with van der Waals surface area (Å²) in [5.74, 6) is 2.34. The lowest BCUT2D eigenvalue weighted by atomic mass is 9.97. The van der Waals surface area contributed by atoms with E-state index in [1.807, 2.05) is 42.5 Å². The first-order chi connectivity index (χ1) is 49.6. The topological polar surface area (TPSA) is 82.5 Å². The van der Waals surface area contributed by atoms with Gasteiger partial charge in [-0.05, 0) is 120 Å². The molecule has 0 N–H and O–H groups in total. The summed E-state index contributed by atoms with van der Waals surface area (Å²) in [4.78, 5) is 29.5. The van der Waals surface area contributed by atoms with Crippen LogP contribution in [-0.2, 0) is 0 Å². The molecule has 5 aromatic heterocycles. The van der Waals surface area contributed by atoms with Crippen LogP contribution in [0.5, 0.6) is 0 Å². The summed E-state index contributed by atoms with van der Waals surface area (Å²) in [5.41, 5.74) is 21.7. The van der Waals surface area contributed by atoms with Crippen molar-refractivity contribution >= 4 is 82.5 Å². The molecule has 0 aliphatic carbocycles. The van der Waals surface area contributed by atoms with Crippen molar-refractivity contribution in [3.05, 3.63) is 358 Å². The Hall–Kier alpha value is -13.6. The molecular weight excluding hydrogens is 1220 g/mol. The van der Waals surface area contributed by atoms with Crippen molar-refractivity contribution in [3.8, 4) is 96.3 Å². The maximum atomic E-state index is 5.59. The Labute approximate surface area is 576 Å². The fourth-order valence-electron chi connectivity index (χ4n) is 14.8. The maximum Gasteiger partial charge on any atom is 0.166 e. The molecule has 0 saturated carbocycles. The van der Waals surface area contributed by atoms with Crippen LogP contribution in [0.1, 0.15) is 0 Å². The molecular formula is C91H59N9. The van der Waals surface area contributed by atoms with E-state index < -0.39 is 0 Å². The second-order valence-electron chi connectivity index (χ2n) is 25.1. The van der Waals surface area contributed by atoms with Crippen LogP contribution in [0, 0.1) is 0 Å². The maximum absolute atomic E-state index is 5.59. The minimum atomic E-state index is 0.557. The summed E-state index contributed by atoms with van der Waals surface area (Å²) in [6.07, 6.45) is 0. The molecule has 9 nitrogen and oxygen atoms in total. The van der Waals surface area contributed by atoms with E-state index in [-0.39, 0.29) is 0 Å². The molecule has 0 saturated heterocycles. The minimum Gasteiger partial charge on any atom is -0.310 e. The van der Waals surface area contributed by atoms with E-state index in [2.05, 4.69) is 334 Å². The summed E-state index contributed by atoms with van der Waals surface area (Å²) in [7, 11) is 0. The predicted molar refractivity (Wildman–Crippen MR) is 411 cm³/mol. The quantitative estimate of drug-likeness (QED) is 0.114. The van der Waals surface area contributed by atoms with E-state index in [4.69, 9.17) is 24.9 Å². The summed E-state index contributed by atoms with van der Waals surface area (Å²) in [6, 6.07) is 127. The summed E-state index contributed by atoms with van der Waals surface area (Å²) >= 11 is 0. The van der Waals surface area contributed by atoms with Gasteiger partial charge in [-0.3, -0.25) is 0 Å². The Morgan fingerprint density at radius 1 is 0.220 bits per heavy atom. The smallest absolute Gasteiger partial charge is 0.166 e. The third kappa shape index (κ3) is 9.90. The Balaban J connectivity index is 0.793. The van der Waals surface area contributed by atoms with Gasteiger partial charge in [0.05, 0.1) is 55.9 Å². The van der Waals surface area contributed by atoms with Gasteiger partial charge in [0.1, 0.15) is 0 Å². The molecule has 0 aliphatic rings. The van der Waals surface area contributed by atoms with E-state index in [0.29, 0.717) is 23.3 Å². The molecule has 5 heterocycles. The van der Waals surface area contributed by atoms with Crippen molar-refractivity contribution in [2.75, 3.05) is 4.90 Å². The van der Waals surface area contributed by atoms with Gasteiger partial charge in [0.15, 0.2) is 23.3 Å². The SMILES string of the molecule is c1ccc(-c2cc(-c3ccc(-n4c5ccccc5c5c(-c6cccc(-c7nc(-c8ccccc8)nc(-c8ccc(-n9c%10ccccc%10c%10ccccc%109)cc8-n8c9ccccc9c9ccccc98)n7)c6)cccc54)cc3N(c3ccccc3)c3ccccc3)nc(-c3ccccc3)n2)cc1. The Morgan fingerprint density at radius 3 is 1.18 bits per heavy atom. The van der Waals surface area contributed by atoms with E-state index in [9.17, 15) is 0 Å². The summed E-state index contributed by atoms with van der Waals surface area (Å²) in [5, 5.41) is 6.97. The fraction of sp³-hybridized carbons (Fsp3) is 0. The van der Waals surface area contributed by atoms with Gasteiger partial charge in [0, 0.05) is 88.4 Å². The van der Waals surface area contributed by atoms with E-state index in [1.165, 1.54) is 10.8 Å². The molecule has 0 atom stereocenters. The molecule has 0 radical (unpaired) electrons. The van der Waals surface area contributed by atoms with E-state index in [1.54, 1.807) is 0 Å². The van der Waals surface area contributed by atoms with Crippen LogP contribution in [0.15, 0.2) is 358 Å². The molecule has 0 unspecified atom stereocenters. The number of fused-ring (bicyclic) bond motifs is 9. The molecule has 19 rings (SSSR count). The number of nitrogens with zero attached hydrogens (tertiary/aromatic N) is 9. The highest BCUT2D eigenvalue weighted by Gasteiger charge is 2.26. The van der Waals surface area contributed by atoms with Crippen LogP contribution in [-0.4, -0.2) is 38.6 Å². The van der Waals surface area contributed by atoms with Crippen molar-refractivity contribution < 1.29 is 0 Å².